The number of anilines is 1. The first kappa shape index (κ1) is 16.2. The molecule has 0 bridgehead atoms. The number of amides is 1. The summed E-state index contributed by atoms with van der Waals surface area (Å²) in [5.74, 6) is 1.59. The number of piperidine rings is 1. The summed E-state index contributed by atoms with van der Waals surface area (Å²) in [7, 11) is 3.71. The Labute approximate surface area is 131 Å². The number of aromatic nitrogens is 1. The molecule has 6 nitrogen and oxygen atoms in total. The van der Waals surface area contributed by atoms with Gasteiger partial charge in [-0.25, -0.2) is 4.98 Å². The van der Waals surface area contributed by atoms with E-state index in [9.17, 15) is 4.79 Å². The minimum atomic E-state index is 0.0809. The zero-order chi connectivity index (χ0) is 15.9. The van der Waals surface area contributed by atoms with Gasteiger partial charge in [-0.1, -0.05) is 0 Å². The van der Waals surface area contributed by atoms with Crippen LogP contribution in [0.4, 0.5) is 5.82 Å². The van der Waals surface area contributed by atoms with Crippen molar-refractivity contribution in [1.82, 2.24) is 15.2 Å². The van der Waals surface area contributed by atoms with Crippen molar-refractivity contribution in [2.45, 2.75) is 12.8 Å². The van der Waals surface area contributed by atoms with Crippen LogP contribution >= 0.6 is 0 Å². The molecule has 0 unspecified atom stereocenters. The molecule has 1 fully saturated rings. The molecule has 0 saturated carbocycles. The average Bonchev–Trinajstić information content (AvgIpc) is 2.56. The molecule has 0 aromatic carbocycles. The number of nitrogens with one attached hydrogen (secondary N) is 1. The van der Waals surface area contributed by atoms with Crippen LogP contribution < -0.4 is 10.2 Å². The smallest absolute Gasteiger partial charge is 0.233 e. The molecule has 0 radical (unpaired) electrons. The standard InChI is InChI=1S/C16H23N5O/c1-18-16(22)12-21-7-5-13(6-8-21)11-20(2)15-4-3-14(9-17)10-19-15/h3-4,10,13H,5-8,11-12H2,1-2H3,(H,18,22). The van der Waals surface area contributed by atoms with Crippen molar-refractivity contribution in [1.29, 1.82) is 5.26 Å². The third kappa shape index (κ3) is 4.43. The number of nitrogens with zero attached hydrogens (tertiary/aromatic N) is 4. The Bertz CT molecular complexity index is 528. The van der Waals surface area contributed by atoms with Crippen LogP contribution in [0.5, 0.6) is 0 Å². The summed E-state index contributed by atoms with van der Waals surface area (Å²) >= 11 is 0. The third-order valence-corrected chi connectivity index (χ3v) is 4.15. The first-order valence-corrected chi connectivity index (χ1v) is 7.62. The molecule has 22 heavy (non-hydrogen) atoms. The zero-order valence-corrected chi connectivity index (χ0v) is 13.2. The molecule has 1 aromatic heterocycles. The molecule has 0 atom stereocenters. The number of likely N-dealkylation sites (tertiary alicyclic amines) is 1. The largest absolute Gasteiger partial charge is 0.359 e. The van der Waals surface area contributed by atoms with Crippen LogP contribution in [0.2, 0.25) is 0 Å². The number of rotatable bonds is 5. The molecular formula is C16H23N5O. The van der Waals surface area contributed by atoms with Crippen molar-refractivity contribution < 1.29 is 4.79 Å². The normalized spacial score (nSPS) is 16.0. The van der Waals surface area contributed by atoms with E-state index in [1.54, 1.807) is 19.3 Å². The molecular weight excluding hydrogens is 278 g/mol. The van der Waals surface area contributed by atoms with Gasteiger partial charge in [-0.15, -0.1) is 0 Å². The monoisotopic (exact) mass is 301 g/mol. The maximum absolute atomic E-state index is 11.4. The summed E-state index contributed by atoms with van der Waals surface area (Å²) in [6, 6.07) is 5.77. The van der Waals surface area contributed by atoms with Gasteiger partial charge in [0.1, 0.15) is 11.9 Å². The highest BCUT2D eigenvalue weighted by Gasteiger charge is 2.21. The summed E-state index contributed by atoms with van der Waals surface area (Å²) in [6.45, 7) is 3.38. The Balaban J connectivity index is 1.80. The Morgan fingerprint density at radius 3 is 2.77 bits per heavy atom. The average molecular weight is 301 g/mol. The molecule has 0 spiro atoms. The van der Waals surface area contributed by atoms with E-state index in [0.717, 1.165) is 38.3 Å². The molecule has 0 aliphatic carbocycles. The predicted octanol–water partition coefficient (Wildman–Crippen LogP) is 0.847. The van der Waals surface area contributed by atoms with Gasteiger partial charge >= 0.3 is 0 Å². The van der Waals surface area contributed by atoms with Gasteiger partial charge in [-0.2, -0.15) is 5.26 Å². The van der Waals surface area contributed by atoms with Gasteiger partial charge < -0.3 is 10.2 Å². The van der Waals surface area contributed by atoms with Gasteiger partial charge in [0.25, 0.3) is 0 Å². The fraction of sp³-hybridized carbons (Fsp3) is 0.562. The van der Waals surface area contributed by atoms with E-state index in [0.29, 0.717) is 18.0 Å². The van der Waals surface area contributed by atoms with E-state index in [-0.39, 0.29) is 5.91 Å². The van der Waals surface area contributed by atoms with Crippen molar-refractivity contribution in [3.05, 3.63) is 23.9 Å². The lowest BCUT2D eigenvalue weighted by Gasteiger charge is -2.33. The fourth-order valence-electron chi connectivity index (χ4n) is 2.77. The van der Waals surface area contributed by atoms with Gasteiger partial charge in [-0.05, 0) is 44.0 Å². The number of carbonyl (C=O) groups excluding carboxylic acids is 1. The summed E-state index contributed by atoms with van der Waals surface area (Å²) < 4.78 is 0. The molecule has 1 aromatic rings. The predicted molar refractivity (Wildman–Crippen MR) is 85.5 cm³/mol. The van der Waals surface area contributed by atoms with Crippen LogP contribution in [0.15, 0.2) is 18.3 Å². The van der Waals surface area contributed by atoms with E-state index in [4.69, 9.17) is 5.26 Å². The van der Waals surface area contributed by atoms with Crippen molar-refractivity contribution >= 4 is 11.7 Å². The first-order chi connectivity index (χ1) is 10.6. The number of nitriles is 1. The van der Waals surface area contributed by atoms with E-state index >= 15 is 0 Å². The Morgan fingerprint density at radius 1 is 1.50 bits per heavy atom. The molecule has 1 saturated heterocycles. The van der Waals surface area contributed by atoms with Crippen molar-refractivity contribution in [2.24, 2.45) is 5.92 Å². The van der Waals surface area contributed by atoms with E-state index in [2.05, 4.69) is 26.2 Å². The molecule has 1 aliphatic heterocycles. The maximum atomic E-state index is 11.4. The lowest BCUT2D eigenvalue weighted by Crippen LogP contribution is -2.42. The Morgan fingerprint density at radius 2 is 2.23 bits per heavy atom. The highest BCUT2D eigenvalue weighted by Crippen LogP contribution is 2.20. The topological polar surface area (TPSA) is 72.3 Å². The number of hydrogen-bond donors (Lipinski definition) is 1. The van der Waals surface area contributed by atoms with Crippen LogP contribution in [-0.4, -0.2) is 56.1 Å². The van der Waals surface area contributed by atoms with Crippen molar-refractivity contribution in [2.75, 3.05) is 45.2 Å². The van der Waals surface area contributed by atoms with Crippen LogP contribution in [0.25, 0.3) is 0 Å². The summed E-state index contributed by atoms with van der Waals surface area (Å²) in [6.07, 6.45) is 3.80. The van der Waals surface area contributed by atoms with E-state index in [1.807, 2.05) is 13.1 Å². The van der Waals surface area contributed by atoms with Crippen LogP contribution in [-0.2, 0) is 4.79 Å². The second-order valence-electron chi connectivity index (χ2n) is 5.79. The quantitative estimate of drug-likeness (QED) is 0.873. The number of likely N-dealkylation sites (N-methyl/N-ethyl adjacent to an activating group) is 1. The van der Waals surface area contributed by atoms with Gasteiger partial charge in [0.15, 0.2) is 0 Å². The first-order valence-electron chi connectivity index (χ1n) is 7.62. The third-order valence-electron chi connectivity index (χ3n) is 4.15. The lowest BCUT2D eigenvalue weighted by atomic mass is 9.96. The summed E-state index contributed by atoms with van der Waals surface area (Å²) in [4.78, 5) is 20.0. The Kier molecular flexibility index (Phi) is 5.73. The van der Waals surface area contributed by atoms with Crippen LogP contribution in [0.1, 0.15) is 18.4 Å². The molecule has 6 heteroatoms. The second-order valence-corrected chi connectivity index (χ2v) is 5.79. The highest BCUT2D eigenvalue weighted by atomic mass is 16.1. The second kappa shape index (κ2) is 7.76. The van der Waals surface area contributed by atoms with Gasteiger partial charge in [0, 0.05) is 26.8 Å². The van der Waals surface area contributed by atoms with Gasteiger partial charge in [0.05, 0.1) is 12.1 Å². The van der Waals surface area contributed by atoms with Crippen LogP contribution in [0, 0.1) is 17.2 Å². The number of carbonyl (C=O) groups is 1. The molecule has 118 valence electrons. The van der Waals surface area contributed by atoms with Crippen molar-refractivity contribution in [3.63, 3.8) is 0 Å². The Hall–Kier alpha value is -2.13. The summed E-state index contributed by atoms with van der Waals surface area (Å²) in [5.41, 5.74) is 0.583. The maximum Gasteiger partial charge on any atom is 0.233 e. The molecule has 1 aliphatic rings. The van der Waals surface area contributed by atoms with Gasteiger partial charge in [0.2, 0.25) is 5.91 Å². The minimum absolute atomic E-state index is 0.0809. The van der Waals surface area contributed by atoms with Crippen LogP contribution in [0.3, 0.4) is 0 Å². The lowest BCUT2D eigenvalue weighted by molar-refractivity contribution is -0.122. The minimum Gasteiger partial charge on any atom is -0.359 e. The van der Waals surface area contributed by atoms with Gasteiger partial charge in [-0.3, -0.25) is 9.69 Å². The SMILES string of the molecule is CNC(=O)CN1CCC(CN(C)c2ccc(C#N)cn2)CC1. The van der Waals surface area contributed by atoms with E-state index < -0.39 is 0 Å². The summed E-state index contributed by atoms with van der Waals surface area (Å²) in [5, 5.41) is 11.5. The zero-order valence-electron chi connectivity index (χ0n) is 13.2. The van der Waals surface area contributed by atoms with E-state index in [1.165, 1.54) is 0 Å². The fourth-order valence-corrected chi connectivity index (χ4v) is 2.77. The highest BCUT2D eigenvalue weighted by molar-refractivity contribution is 5.77. The molecule has 2 rings (SSSR count). The molecule has 1 amide bonds. The van der Waals surface area contributed by atoms with Crippen molar-refractivity contribution in [3.8, 4) is 6.07 Å². The number of hydrogen-bond acceptors (Lipinski definition) is 5. The molecule has 2 heterocycles. The molecule has 1 N–H and O–H groups in total. The number of pyridine rings is 1.